The highest BCUT2D eigenvalue weighted by Crippen LogP contribution is 2.17. The van der Waals surface area contributed by atoms with Gasteiger partial charge in [0.1, 0.15) is 0 Å². The Morgan fingerprint density at radius 2 is 1.81 bits per heavy atom. The largest absolute Gasteiger partial charge is 0.387 e. The first-order chi connectivity index (χ1) is 10.3. The summed E-state index contributed by atoms with van der Waals surface area (Å²) in [5.74, 6) is 0. The first kappa shape index (κ1) is 15.0. The van der Waals surface area contributed by atoms with Crippen molar-refractivity contribution >= 4 is 0 Å². The Hall–Kier alpha value is -0.940. The first-order valence-electron chi connectivity index (χ1n) is 8.10. The molecule has 0 unspecified atom stereocenters. The Morgan fingerprint density at radius 3 is 2.48 bits per heavy atom. The standard InChI is InChI=1S/C17H26N2O2/c20-17(15-5-2-1-3-6-15)14-19-10-8-18(9-11-19)13-16-7-4-12-21-16/h1-3,5-6,16-17,20H,4,7-14H2/t16-,17+/m0/s1. The van der Waals surface area contributed by atoms with Gasteiger partial charge in [-0.05, 0) is 18.4 Å². The zero-order valence-corrected chi connectivity index (χ0v) is 12.7. The van der Waals surface area contributed by atoms with Crippen molar-refractivity contribution in [1.29, 1.82) is 0 Å². The van der Waals surface area contributed by atoms with Crippen molar-refractivity contribution in [2.75, 3.05) is 45.9 Å². The molecule has 4 nitrogen and oxygen atoms in total. The molecule has 0 radical (unpaired) electrons. The van der Waals surface area contributed by atoms with Crippen LogP contribution in [0.2, 0.25) is 0 Å². The zero-order chi connectivity index (χ0) is 14.5. The number of hydrogen-bond donors (Lipinski definition) is 1. The van der Waals surface area contributed by atoms with Crippen molar-refractivity contribution in [2.45, 2.75) is 25.0 Å². The van der Waals surface area contributed by atoms with Crippen LogP contribution in [0.25, 0.3) is 0 Å². The molecule has 0 bridgehead atoms. The summed E-state index contributed by atoms with van der Waals surface area (Å²) in [6.45, 7) is 7.00. The van der Waals surface area contributed by atoms with Gasteiger partial charge < -0.3 is 9.84 Å². The molecule has 2 aliphatic rings. The fourth-order valence-electron chi connectivity index (χ4n) is 3.26. The van der Waals surface area contributed by atoms with Gasteiger partial charge in [-0.3, -0.25) is 9.80 Å². The molecule has 21 heavy (non-hydrogen) atoms. The van der Waals surface area contributed by atoms with E-state index in [9.17, 15) is 5.11 Å². The lowest BCUT2D eigenvalue weighted by molar-refractivity contribution is 0.0364. The van der Waals surface area contributed by atoms with Crippen molar-refractivity contribution in [3.8, 4) is 0 Å². The topological polar surface area (TPSA) is 35.9 Å². The number of aliphatic hydroxyl groups excluding tert-OH is 1. The SMILES string of the molecule is O[C@H](CN1CCN(C[C@@H]2CCCO2)CC1)c1ccccc1. The molecule has 1 aromatic carbocycles. The van der Waals surface area contributed by atoms with E-state index in [-0.39, 0.29) is 6.10 Å². The fourth-order valence-corrected chi connectivity index (χ4v) is 3.26. The maximum Gasteiger partial charge on any atom is 0.0916 e. The lowest BCUT2D eigenvalue weighted by Gasteiger charge is -2.36. The average Bonchev–Trinajstić information content (AvgIpc) is 3.03. The van der Waals surface area contributed by atoms with E-state index in [2.05, 4.69) is 9.80 Å². The average molecular weight is 290 g/mol. The number of ether oxygens (including phenoxy) is 1. The molecule has 1 N–H and O–H groups in total. The Morgan fingerprint density at radius 1 is 1.10 bits per heavy atom. The third-order valence-electron chi connectivity index (χ3n) is 4.57. The minimum atomic E-state index is -0.379. The summed E-state index contributed by atoms with van der Waals surface area (Å²) in [6, 6.07) is 9.95. The summed E-state index contributed by atoms with van der Waals surface area (Å²) in [5, 5.41) is 10.3. The van der Waals surface area contributed by atoms with E-state index in [1.165, 1.54) is 12.8 Å². The van der Waals surface area contributed by atoms with Crippen LogP contribution in [0.3, 0.4) is 0 Å². The molecule has 2 fully saturated rings. The van der Waals surface area contributed by atoms with E-state index in [4.69, 9.17) is 4.74 Å². The van der Waals surface area contributed by atoms with Crippen LogP contribution >= 0.6 is 0 Å². The summed E-state index contributed by atoms with van der Waals surface area (Å²) in [6.07, 6.45) is 2.50. The van der Waals surface area contributed by atoms with Gasteiger partial charge in [0.25, 0.3) is 0 Å². The van der Waals surface area contributed by atoms with E-state index >= 15 is 0 Å². The van der Waals surface area contributed by atoms with Gasteiger partial charge in [-0.1, -0.05) is 30.3 Å². The van der Waals surface area contributed by atoms with Crippen molar-refractivity contribution in [3.05, 3.63) is 35.9 Å². The van der Waals surface area contributed by atoms with Crippen LogP contribution in [0.15, 0.2) is 30.3 Å². The quantitative estimate of drug-likeness (QED) is 0.892. The number of hydrogen-bond acceptors (Lipinski definition) is 4. The first-order valence-corrected chi connectivity index (χ1v) is 8.10. The van der Waals surface area contributed by atoms with Crippen LogP contribution in [0.4, 0.5) is 0 Å². The predicted molar refractivity (Wildman–Crippen MR) is 83.3 cm³/mol. The molecule has 0 spiro atoms. The van der Waals surface area contributed by atoms with Crippen LogP contribution in [0, 0.1) is 0 Å². The van der Waals surface area contributed by atoms with Crippen molar-refractivity contribution in [3.63, 3.8) is 0 Å². The van der Waals surface area contributed by atoms with Gasteiger partial charge >= 0.3 is 0 Å². The summed E-state index contributed by atoms with van der Waals surface area (Å²) in [4.78, 5) is 4.87. The van der Waals surface area contributed by atoms with Gasteiger partial charge in [-0.2, -0.15) is 0 Å². The van der Waals surface area contributed by atoms with Crippen molar-refractivity contribution in [2.24, 2.45) is 0 Å². The van der Waals surface area contributed by atoms with Gasteiger partial charge in [0, 0.05) is 45.9 Å². The number of aliphatic hydroxyl groups is 1. The van der Waals surface area contributed by atoms with Gasteiger partial charge in [-0.15, -0.1) is 0 Å². The Balaban J connectivity index is 1.41. The van der Waals surface area contributed by atoms with Crippen LogP contribution in [-0.4, -0.2) is 66.9 Å². The monoisotopic (exact) mass is 290 g/mol. The van der Waals surface area contributed by atoms with E-state index < -0.39 is 0 Å². The van der Waals surface area contributed by atoms with Crippen LogP contribution in [-0.2, 0) is 4.74 Å². The van der Waals surface area contributed by atoms with Crippen molar-refractivity contribution < 1.29 is 9.84 Å². The summed E-state index contributed by atoms with van der Waals surface area (Å²) >= 11 is 0. The van der Waals surface area contributed by atoms with Gasteiger partial charge in [0.05, 0.1) is 12.2 Å². The number of rotatable bonds is 5. The Kier molecular flexibility index (Phi) is 5.25. The van der Waals surface area contributed by atoms with E-state index in [1.54, 1.807) is 0 Å². The lowest BCUT2D eigenvalue weighted by atomic mass is 10.1. The number of nitrogens with zero attached hydrogens (tertiary/aromatic N) is 2. The van der Waals surface area contributed by atoms with Crippen molar-refractivity contribution in [1.82, 2.24) is 9.80 Å². The second-order valence-electron chi connectivity index (χ2n) is 6.16. The number of piperazine rings is 1. The zero-order valence-electron chi connectivity index (χ0n) is 12.7. The molecular weight excluding hydrogens is 264 g/mol. The molecule has 0 aliphatic carbocycles. The second-order valence-corrected chi connectivity index (χ2v) is 6.16. The second kappa shape index (κ2) is 7.36. The van der Waals surface area contributed by atoms with Crippen LogP contribution in [0.1, 0.15) is 24.5 Å². The molecule has 0 saturated carbocycles. The highest BCUT2D eigenvalue weighted by atomic mass is 16.5. The molecule has 0 amide bonds. The summed E-state index contributed by atoms with van der Waals surface area (Å²) in [7, 11) is 0. The molecule has 3 rings (SSSR count). The van der Waals surface area contributed by atoms with Gasteiger partial charge in [-0.25, -0.2) is 0 Å². The minimum Gasteiger partial charge on any atom is -0.387 e. The van der Waals surface area contributed by atoms with Crippen LogP contribution in [0.5, 0.6) is 0 Å². The fraction of sp³-hybridized carbons (Fsp3) is 0.647. The lowest BCUT2D eigenvalue weighted by Crippen LogP contribution is -2.49. The molecule has 2 aliphatic heterocycles. The third-order valence-corrected chi connectivity index (χ3v) is 4.57. The molecule has 4 heteroatoms. The number of β-amino-alcohol motifs (C(OH)–C–C–N with tert-alkyl or cyclic N) is 1. The Bertz CT molecular complexity index is 412. The number of benzene rings is 1. The predicted octanol–water partition coefficient (Wildman–Crippen LogP) is 1.52. The highest BCUT2D eigenvalue weighted by molar-refractivity contribution is 5.17. The molecule has 0 aromatic heterocycles. The molecule has 2 saturated heterocycles. The Labute approximate surface area is 127 Å². The third kappa shape index (κ3) is 4.27. The molecule has 2 atom stereocenters. The minimum absolute atomic E-state index is 0.379. The van der Waals surface area contributed by atoms with Crippen LogP contribution < -0.4 is 0 Å². The highest BCUT2D eigenvalue weighted by Gasteiger charge is 2.23. The molecule has 2 heterocycles. The van der Waals surface area contributed by atoms with Gasteiger partial charge in [0.2, 0.25) is 0 Å². The molecule has 1 aromatic rings. The van der Waals surface area contributed by atoms with E-state index in [0.29, 0.717) is 6.10 Å². The normalized spacial score (nSPS) is 26.0. The maximum atomic E-state index is 10.3. The maximum absolute atomic E-state index is 10.3. The van der Waals surface area contributed by atoms with E-state index in [0.717, 1.165) is 51.4 Å². The van der Waals surface area contributed by atoms with E-state index in [1.807, 2.05) is 30.3 Å². The molecular formula is C17H26N2O2. The molecule has 116 valence electrons. The van der Waals surface area contributed by atoms with Gasteiger partial charge in [0.15, 0.2) is 0 Å². The summed E-state index contributed by atoms with van der Waals surface area (Å²) < 4.78 is 5.71. The smallest absolute Gasteiger partial charge is 0.0916 e. The summed E-state index contributed by atoms with van der Waals surface area (Å²) in [5.41, 5.74) is 1.01.